The van der Waals surface area contributed by atoms with Crippen molar-refractivity contribution >= 4 is 0 Å². The third-order valence-corrected chi connectivity index (χ3v) is 4.16. The van der Waals surface area contributed by atoms with Crippen molar-refractivity contribution in [2.45, 2.75) is 51.2 Å². The van der Waals surface area contributed by atoms with Gasteiger partial charge < -0.3 is 10.1 Å². The number of morpholine rings is 1. The maximum atomic E-state index is 6.01. The lowest BCUT2D eigenvalue weighted by Gasteiger charge is -2.36. The second-order valence-corrected chi connectivity index (χ2v) is 6.30. The number of hydrogen-bond donors (Lipinski definition) is 1. The lowest BCUT2D eigenvalue weighted by molar-refractivity contribution is -0.0229. The SMILES string of the molecule is CC1(C)COC(c2ccc3c(c2)CCCC3)CN1. The van der Waals surface area contributed by atoms with Crippen LogP contribution in [0.3, 0.4) is 0 Å². The Bertz CT molecular complexity index is 429. The minimum Gasteiger partial charge on any atom is -0.370 e. The number of nitrogens with one attached hydrogen (secondary N) is 1. The predicted octanol–water partition coefficient (Wildman–Crippen LogP) is 3.00. The van der Waals surface area contributed by atoms with Gasteiger partial charge in [-0.3, -0.25) is 0 Å². The van der Waals surface area contributed by atoms with Crippen molar-refractivity contribution in [3.63, 3.8) is 0 Å². The molecule has 0 saturated carbocycles. The molecule has 1 aliphatic heterocycles. The van der Waals surface area contributed by atoms with Crippen molar-refractivity contribution in [2.24, 2.45) is 0 Å². The molecule has 0 spiro atoms. The highest BCUT2D eigenvalue weighted by molar-refractivity contribution is 5.35. The zero-order valence-corrected chi connectivity index (χ0v) is 11.5. The molecule has 1 heterocycles. The predicted molar refractivity (Wildman–Crippen MR) is 73.9 cm³/mol. The molecule has 1 N–H and O–H groups in total. The lowest BCUT2D eigenvalue weighted by Crippen LogP contribution is -2.50. The highest BCUT2D eigenvalue weighted by Gasteiger charge is 2.27. The Labute approximate surface area is 110 Å². The Morgan fingerprint density at radius 2 is 1.94 bits per heavy atom. The molecule has 1 fully saturated rings. The molecule has 98 valence electrons. The Kier molecular flexibility index (Phi) is 3.16. The van der Waals surface area contributed by atoms with Crippen molar-refractivity contribution in [3.05, 3.63) is 34.9 Å². The van der Waals surface area contributed by atoms with E-state index in [1.165, 1.54) is 31.2 Å². The summed E-state index contributed by atoms with van der Waals surface area (Å²) in [6.07, 6.45) is 5.42. The smallest absolute Gasteiger partial charge is 0.0950 e. The summed E-state index contributed by atoms with van der Waals surface area (Å²) in [5.74, 6) is 0. The number of benzene rings is 1. The van der Waals surface area contributed by atoms with Crippen LogP contribution in [0.4, 0.5) is 0 Å². The van der Waals surface area contributed by atoms with Gasteiger partial charge in [0.1, 0.15) is 0 Å². The van der Waals surface area contributed by atoms with Crippen LogP contribution in [0.1, 0.15) is 49.5 Å². The van der Waals surface area contributed by atoms with Gasteiger partial charge in [0.05, 0.1) is 12.7 Å². The summed E-state index contributed by atoms with van der Waals surface area (Å²) in [6.45, 7) is 6.09. The molecule has 3 rings (SSSR count). The van der Waals surface area contributed by atoms with Crippen molar-refractivity contribution in [2.75, 3.05) is 13.2 Å². The van der Waals surface area contributed by atoms with Crippen molar-refractivity contribution in [3.8, 4) is 0 Å². The molecule has 1 saturated heterocycles. The fraction of sp³-hybridized carbons (Fsp3) is 0.625. The summed E-state index contributed by atoms with van der Waals surface area (Å²) in [7, 11) is 0. The van der Waals surface area contributed by atoms with Crippen molar-refractivity contribution in [1.29, 1.82) is 0 Å². The molecule has 18 heavy (non-hydrogen) atoms. The summed E-state index contributed by atoms with van der Waals surface area (Å²) in [5, 5.41) is 3.56. The fourth-order valence-electron chi connectivity index (χ4n) is 2.96. The molecule has 2 heteroatoms. The Hall–Kier alpha value is -0.860. The molecule has 2 aliphatic rings. The van der Waals surface area contributed by atoms with Crippen LogP contribution < -0.4 is 5.32 Å². The molecule has 0 amide bonds. The normalized spacial score (nSPS) is 26.7. The van der Waals surface area contributed by atoms with E-state index in [4.69, 9.17) is 4.74 Å². The van der Waals surface area contributed by atoms with Gasteiger partial charge in [-0.25, -0.2) is 0 Å². The highest BCUT2D eigenvalue weighted by atomic mass is 16.5. The number of hydrogen-bond acceptors (Lipinski definition) is 2. The molecule has 1 aliphatic carbocycles. The van der Waals surface area contributed by atoms with Gasteiger partial charge in [0.15, 0.2) is 0 Å². The van der Waals surface area contributed by atoms with Crippen LogP contribution >= 0.6 is 0 Å². The number of aryl methyl sites for hydroxylation is 2. The van der Waals surface area contributed by atoms with E-state index in [1.54, 1.807) is 11.1 Å². The second kappa shape index (κ2) is 4.67. The number of ether oxygens (including phenoxy) is 1. The van der Waals surface area contributed by atoms with Crippen LogP contribution in [0.2, 0.25) is 0 Å². The average molecular weight is 245 g/mol. The molecule has 2 nitrogen and oxygen atoms in total. The largest absolute Gasteiger partial charge is 0.370 e. The Morgan fingerprint density at radius 3 is 2.67 bits per heavy atom. The van der Waals surface area contributed by atoms with E-state index in [2.05, 4.69) is 37.4 Å². The van der Waals surface area contributed by atoms with Crippen LogP contribution in [0.5, 0.6) is 0 Å². The van der Waals surface area contributed by atoms with Crippen LogP contribution in [0.25, 0.3) is 0 Å². The van der Waals surface area contributed by atoms with Gasteiger partial charge >= 0.3 is 0 Å². The van der Waals surface area contributed by atoms with E-state index in [9.17, 15) is 0 Å². The van der Waals surface area contributed by atoms with Crippen LogP contribution in [0, 0.1) is 0 Å². The molecule has 1 aromatic carbocycles. The number of fused-ring (bicyclic) bond motifs is 1. The maximum absolute atomic E-state index is 6.01. The van der Waals surface area contributed by atoms with Gasteiger partial charge in [-0.05, 0) is 56.2 Å². The Morgan fingerprint density at radius 1 is 1.17 bits per heavy atom. The monoisotopic (exact) mass is 245 g/mol. The van der Waals surface area contributed by atoms with E-state index in [1.807, 2.05) is 0 Å². The molecule has 1 unspecified atom stereocenters. The number of rotatable bonds is 1. The van der Waals surface area contributed by atoms with Gasteiger partial charge in [0.2, 0.25) is 0 Å². The first-order chi connectivity index (χ1) is 8.64. The molecular formula is C16H23NO. The summed E-state index contributed by atoms with van der Waals surface area (Å²) in [5.41, 5.74) is 4.56. The summed E-state index contributed by atoms with van der Waals surface area (Å²) >= 11 is 0. The molecule has 0 aromatic heterocycles. The van der Waals surface area contributed by atoms with Crippen molar-refractivity contribution in [1.82, 2.24) is 5.32 Å². The summed E-state index contributed by atoms with van der Waals surface area (Å²) < 4.78 is 6.01. The van der Waals surface area contributed by atoms with E-state index in [0.29, 0.717) is 0 Å². The second-order valence-electron chi connectivity index (χ2n) is 6.30. The first kappa shape index (κ1) is 12.2. The first-order valence-corrected chi connectivity index (χ1v) is 7.12. The van der Waals surface area contributed by atoms with Gasteiger partial charge in [-0.15, -0.1) is 0 Å². The maximum Gasteiger partial charge on any atom is 0.0950 e. The van der Waals surface area contributed by atoms with Crippen LogP contribution in [-0.2, 0) is 17.6 Å². The van der Waals surface area contributed by atoms with Gasteiger partial charge in [-0.1, -0.05) is 18.2 Å². The summed E-state index contributed by atoms with van der Waals surface area (Å²) in [4.78, 5) is 0. The fourth-order valence-corrected chi connectivity index (χ4v) is 2.96. The van der Waals surface area contributed by atoms with Crippen molar-refractivity contribution < 1.29 is 4.74 Å². The van der Waals surface area contributed by atoms with Gasteiger partial charge in [0, 0.05) is 12.1 Å². The van der Waals surface area contributed by atoms with E-state index >= 15 is 0 Å². The third-order valence-electron chi connectivity index (χ3n) is 4.16. The van der Waals surface area contributed by atoms with Crippen LogP contribution in [-0.4, -0.2) is 18.7 Å². The molecule has 0 bridgehead atoms. The zero-order chi connectivity index (χ0) is 12.6. The quantitative estimate of drug-likeness (QED) is 0.821. The van der Waals surface area contributed by atoms with Gasteiger partial charge in [-0.2, -0.15) is 0 Å². The zero-order valence-electron chi connectivity index (χ0n) is 11.5. The standard InChI is InChI=1S/C16H23NO/c1-16(2)11-18-15(10-17-16)14-8-7-12-5-3-4-6-13(12)9-14/h7-9,15,17H,3-6,10-11H2,1-2H3. The molecule has 0 radical (unpaired) electrons. The lowest BCUT2D eigenvalue weighted by atomic mass is 9.89. The third kappa shape index (κ3) is 2.45. The molecule has 1 atom stereocenters. The molecule has 1 aromatic rings. The van der Waals surface area contributed by atoms with E-state index in [-0.39, 0.29) is 11.6 Å². The topological polar surface area (TPSA) is 21.3 Å². The summed E-state index contributed by atoms with van der Waals surface area (Å²) in [6, 6.07) is 6.95. The highest BCUT2D eigenvalue weighted by Crippen LogP contribution is 2.28. The van der Waals surface area contributed by atoms with E-state index < -0.39 is 0 Å². The minimum absolute atomic E-state index is 0.116. The van der Waals surface area contributed by atoms with Gasteiger partial charge in [0.25, 0.3) is 0 Å². The van der Waals surface area contributed by atoms with Crippen LogP contribution in [0.15, 0.2) is 18.2 Å². The van der Waals surface area contributed by atoms with E-state index in [0.717, 1.165) is 13.2 Å². The molecular weight excluding hydrogens is 222 g/mol. The first-order valence-electron chi connectivity index (χ1n) is 7.12. The minimum atomic E-state index is 0.116. The average Bonchev–Trinajstić information content (AvgIpc) is 2.38. The Balaban J connectivity index is 1.77.